The Bertz CT molecular complexity index is 1010. The summed E-state index contributed by atoms with van der Waals surface area (Å²) >= 11 is 0. The summed E-state index contributed by atoms with van der Waals surface area (Å²) in [6.07, 6.45) is 7.19. The number of Topliss-reactive ketones (excluding diaryl/α,β-unsaturated/α-hetero) is 1. The SMILES string of the molecule is CCCc1ccc(C2(C#N)COc3c(ccc4c3C=CC(C)(C)C4)C2=O)cc1. The molecule has 28 heavy (non-hydrogen) atoms. The smallest absolute Gasteiger partial charge is 0.194 e. The van der Waals surface area contributed by atoms with E-state index in [0.717, 1.165) is 24.8 Å². The highest BCUT2D eigenvalue weighted by Crippen LogP contribution is 2.43. The van der Waals surface area contributed by atoms with Gasteiger partial charge in [0.1, 0.15) is 12.4 Å². The first kappa shape index (κ1) is 18.5. The average Bonchev–Trinajstić information content (AvgIpc) is 2.68. The monoisotopic (exact) mass is 371 g/mol. The lowest BCUT2D eigenvalue weighted by Gasteiger charge is -2.34. The van der Waals surface area contributed by atoms with Crippen LogP contribution in [0.4, 0.5) is 0 Å². The van der Waals surface area contributed by atoms with Gasteiger partial charge in [-0.15, -0.1) is 0 Å². The first-order chi connectivity index (χ1) is 13.4. The number of fused-ring (bicyclic) bond motifs is 3. The van der Waals surface area contributed by atoms with Crippen molar-refractivity contribution in [1.29, 1.82) is 5.26 Å². The molecule has 2 aliphatic rings. The van der Waals surface area contributed by atoms with Crippen molar-refractivity contribution in [3.63, 3.8) is 0 Å². The molecule has 1 unspecified atom stereocenters. The molecule has 0 spiro atoms. The van der Waals surface area contributed by atoms with Gasteiger partial charge in [0.2, 0.25) is 0 Å². The molecular formula is C25H25NO2. The second-order valence-electron chi connectivity index (χ2n) is 8.60. The van der Waals surface area contributed by atoms with Gasteiger partial charge in [-0.3, -0.25) is 4.79 Å². The highest BCUT2D eigenvalue weighted by atomic mass is 16.5. The van der Waals surface area contributed by atoms with Crippen molar-refractivity contribution in [1.82, 2.24) is 0 Å². The molecule has 0 radical (unpaired) electrons. The molecule has 0 aromatic heterocycles. The molecule has 142 valence electrons. The first-order valence-corrected chi connectivity index (χ1v) is 9.93. The standard InChI is InChI=1S/C25H25NO2/c1-4-5-17-6-9-19(10-7-17)25(15-26)16-28-22-20-12-13-24(2,3)14-18(20)8-11-21(22)23(25)27/h6-13H,4-5,14,16H2,1-3H3. The largest absolute Gasteiger partial charge is 0.490 e. The number of allylic oxidation sites excluding steroid dienone is 1. The van der Waals surface area contributed by atoms with Crippen molar-refractivity contribution < 1.29 is 9.53 Å². The second kappa shape index (κ2) is 6.63. The maximum absolute atomic E-state index is 13.5. The molecule has 4 rings (SSSR count). The molecule has 0 saturated heterocycles. The number of nitrogens with zero attached hydrogens (tertiary/aromatic N) is 1. The number of benzene rings is 2. The Balaban J connectivity index is 1.76. The number of hydrogen-bond donors (Lipinski definition) is 0. The molecule has 0 amide bonds. The molecule has 1 atom stereocenters. The molecule has 0 N–H and O–H groups in total. The number of hydrogen-bond acceptors (Lipinski definition) is 3. The summed E-state index contributed by atoms with van der Waals surface area (Å²) in [5.74, 6) is 0.461. The van der Waals surface area contributed by atoms with Gasteiger partial charge >= 0.3 is 0 Å². The normalized spacial score (nSPS) is 22.0. The molecule has 3 nitrogen and oxygen atoms in total. The van der Waals surface area contributed by atoms with Gasteiger partial charge < -0.3 is 4.74 Å². The molecule has 0 saturated carbocycles. The lowest BCUT2D eigenvalue weighted by Crippen LogP contribution is -2.44. The molecule has 0 bridgehead atoms. The van der Waals surface area contributed by atoms with E-state index in [4.69, 9.17) is 4.74 Å². The summed E-state index contributed by atoms with van der Waals surface area (Å²) in [4.78, 5) is 13.5. The van der Waals surface area contributed by atoms with Gasteiger partial charge in [0, 0.05) is 5.56 Å². The zero-order valence-corrected chi connectivity index (χ0v) is 16.7. The van der Waals surface area contributed by atoms with Crippen molar-refractivity contribution in [2.24, 2.45) is 5.41 Å². The third-order valence-electron chi connectivity index (χ3n) is 5.88. The Morgan fingerprint density at radius 3 is 2.57 bits per heavy atom. The van der Waals surface area contributed by atoms with E-state index in [1.807, 2.05) is 36.4 Å². The van der Waals surface area contributed by atoms with Crippen LogP contribution < -0.4 is 4.74 Å². The molecule has 1 aliphatic heterocycles. The van der Waals surface area contributed by atoms with Crippen LogP contribution in [0.5, 0.6) is 5.75 Å². The lowest BCUT2D eigenvalue weighted by atomic mass is 9.72. The van der Waals surface area contributed by atoms with E-state index in [9.17, 15) is 10.1 Å². The fourth-order valence-corrected chi connectivity index (χ4v) is 4.25. The Labute approximate surface area is 166 Å². The molecule has 2 aromatic carbocycles. The van der Waals surface area contributed by atoms with Gasteiger partial charge in [0.15, 0.2) is 11.2 Å². The minimum absolute atomic E-state index is 0.0517. The van der Waals surface area contributed by atoms with Crippen LogP contribution in [-0.4, -0.2) is 12.4 Å². The Morgan fingerprint density at radius 1 is 1.14 bits per heavy atom. The first-order valence-electron chi connectivity index (χ1n) is 9.93. The van der Waals surface area contributed by atoms with Crippen LogP contribution in [0.2, 0.25) is 0 Å². The van der Waals surface area contributed by atoms with Gasteiger partial charge in [-0.2, -0.15) is 5.26 Å². The minimum atomic E-state index is -1.29. The number of ketones is 1. The quantitative estimate of drug-likeness (QED) is 0.738. The van der Waals surface area contributed by atoms with Crippen molar-refractivity contribution in [3.8, 4) is 11.8 Å². The molecular weight excluding hydrogens is 346 g/mol. The van der Waals surface area contributed by atoms with Gasteiger partial charge in [-0.25, -0.2) is 0 Å². The summed E-state index contributed by atoms with van der Waals surface area (Å²) < 4.78 is 6.10. The van der Waals surface area contributed by atoms with Crippen LogP contribution in [0.15, 0.2) is 42.5 Å². The third kappa shape index (κ3) is 2.85. The molecule has 1 heterocycles. The minimum Gasteiger partial charge on any atom is -0.490 e. The van der Waals surface area contributed by atoms with Gasteiger partial charge in [-0.1, -0.05) is 69.7 Å². The molecule has 2 aromatic rings. The Hall–Kier alpha value is -2.86. The van der Waals surface area contributed by atoms with E-state index in [1.54, 1.807) is 0 Å². The van der Waals surface area contributed by atoms with Crippen LogP contribution in [0.3, 0.4) is 0 Å². The summed E-state index contributed by atoms with van der Waals surface area (Å²) in [7, 11) is 0. The van der Waals surface area contributed by atoms with Crippen molar-refractivity contribution >= 4 is 11.9 Å². The summed E-state index contributed by atoms with van der Waals surface area (Å²) in [5, 5.41) is 10.0. The third-order valence-corrected chi connectivity index (χ3v) is 5.88. The number of aryl methyl sites for hydroxylation is 1. The fourth-order valence-electron chi connectivity index (χ4n) is 4.25. The number of ether oxygens (including phenoxy) is 1. The number of carbonyl (C=O) groups is 1. The highest BCUT2D eigenvalue weighted by molar-refractivity contribution is 6.10. The molecule has 1 aliphatic carbocycles. The van der Waals surface area contributed by atoms with Crippen molar-refractivity contribution in [2.75, 3.05) is 6.61 Å². The zero-order chi connectivity index (χ0) is 19.9. The average molecular weight is 371 g/mol. The van der Waals surface area contributed by atoms with Gasteiger partial charge in [0.05, 0.1) is 11.6 Å². The van der Waals surface area contributed by atoms with E-state index in [2.05, 4.69) is 39.0 Å². The van der Waals surface area contributed by atoms with E-state index >= 15 is 0 Å². The predicted octanol–water partition coefficient (Wildman–Crippen LogP) is 5.27. The second-order valence-corrected chi connectivity index (χ2v) is 8.60. The molecule has 3 heteroatoms. The number of nitriles is 1. The van der Waals surface area contributed by atoms with Crippen LogP contribution in [0.1, 0.15) is 59.8 Å². The van der Waals surface area contributed by atoms with Gasteiger partial charge in [-0.05, 0) is 41.0 Å². The van der Waals surface area contributed by atoms with E-state index in [0.29, 0.717) is 16.9 Å². The predicted molar refractivity (Wildman–Crippen MR) is 111 cm³/mol. The van der Waals surface area contributed by atoms with Crippen molar-refractivity contribution in [3.05, 3.63) is 70.3 Å². The fraction of sp³-hybridized carbons (Fsp3) is 0.360. The number of carbonyl (C=O) groups excluding carboxylic acids is 1. The van der Waals surface area contributed by atoms with E-state index in [1.165, 1.54) is 11.1 Å². The highest BCUT2D eigenvalue weighted by Gasteiger charge is 2.47. The summed E-state index contributed by atoms with van der Waals surface area (Å²) in [5.41, 5.74) is 3.40. The lowest BCUT2D eigenvalue weighted by molar-refractivity contribution is 0.0834. The maximum atomic E-state index is 13.5. The van der Waals surface area contributed by atoms with Crippen molar-refractivity contribution in [2.45, 2.75) is 45.4 Å². The number of rotatable bonds is 3. The van der Waals surface area contributed by atoms with E-state index < -0.39 is 5.41 Å². The van der Waals surface area contributed by atoms with Crippen LogP contribution in [0, 0.1) is 16.7 Å². The zero-order valence-electron chi connectivity index (χ0n) is 16.7. The van der Waals surface area contributed by atoms with Gasteiger partial charge in [0.25, 0.3) is 0 Å². The maximum Gasteiger partial charge on any atom is 0.194 e. The topological polar surface area (TPSA) is 50.1 Å². The molecule has 0 fully saturated rings. The van der Waals surface area contributed by atoms with Crippen LogP contribution in [-0.2, 0) is 18.3 Å². The summed E-state index contributed by atoms with van der Waals surface area (Å²) in [6.45, 7) is 6.58. The van der Waals surface area contributed by atoms with Crippen LogP contribution >= 0.6 is 0 Å². The van der Waals surface area contributed by atoms with Crippen LogP contribution in [0.25, 0.3) is 6.08 Å². The Kier molecular flexibility index (Phi) is 4.38. The van der Waals surface area contributed by atoms with E-state index in [-0.39, 0.29) is 17.8 Å². The summed E-state index contributed by atoms with van der Waals surface area (Å²) in [6, 6.07) is 14.0. The Morgan fingerprint density at radius 2 is 1.89 bits per heavy atom.